The molecule has 0 bridgehead atoms. The van der Waals surface area contributed by atoms with Crippen LogP contribution in [0.4, 0.5) is 5.69 Å². The Morgan fingerprint density at radius 2 is 1.71 bits per heavy atom. The van der Waals surface area contributed by atoms with Crippen molar-refractivity contribution in [3.8, 4) is 6.07 Å². The van der Waals surface area contributed by atoms with E-state index in [-0.39, 0.29) is 17.7 Å². The van der Waals surface area contributed by atoms with E-state index >= 15 is 0 Å². The number of amides is 2. The van der Waals surface area contributed by atoms with Crippen molar-refractivity contribution in [2.45, 2.75) is 19.4 Å². The summed E-state index contributed by atoms with van der Waals surface area (Å²) in [6, 6.07) is 16.0. The van der Waals surface area contributed by atoms with Gasteiger partial charge < -0.3 is 10.6 Å². The maximum absolute atomic E-state index is 12.1. The molecular formula is C19H17N3O2. The van der Waals surface area contributed by atoms with Crippen LogP contribution in [0.5, 0.6) is 0 Å². The number of nitriles is 1. The maximum Gasteiger partial charge on any atom is 0.251 e. The third-order valence-corrected chi connectivity index (χ3v) is 3.90. The average molecular weight is 319 g/mol. The number of nitrogens with zero attached hydrogens (tertiary/aromatic N) is 1. The highest BCUT2D eigenvalue weighted by Crippen LogP contribution is 2.30. The lowest BCUT2D eigenvalue weighted by atomic mass is 10.1. The van der Waals surface area contributed by atoms with Crippen molar-refractivity contribution in [3.63, 3.8) is 0 Å². The fraction of sp³-hybridized carbons (Fsp3) is 0.211. The second kappa shape index (κ2) is 6.97. The first-order chi connectivity index (χ1) is 11.7. The minimum atomic E-state index is -0.181. The third kappa shape index (κ3) is 3.99. The second-order valence-electron chi connectivity index (χ2n) is 5.83. The van der Waals surface area contributed by atoms with E-state index in [0.29, 0.717) is 23.4 Å². The molecule has 2 amide bonds. The van der Waals surface area contributed by atoms with Gasteiger partial charge in [-0.15, -0.1) is 0 Å². The molecule has 0 heterocycles. The van der Waals surface area contributed by atoms with Crippen LogP contribution >= 0.6 is 0 Å². The topological polar surface area (TPSA) is 82.0 Å². The Kier molecular flexibility index (Phi) is 4.57. The Morgan fingerprint density at radius 1 is 1.04 bits per heavy atom. The molecule has 5 nitrogen and oxygen atoms in total. The maximum atomic E-state index is 12.1. The van der Waals surface area contributed by atoms with E-state index < -0.39 is 0 Å². The van der Waals surface area contributed by atoms with E-state index in [9.17, 15) is 9.59 Å². The summed E-state index contributed by atoms with van der Waals surface area (Å²) in [5.41, 5.74) is 2.76. The molecular weight excluding hydrogens is 302 g/mol. The molecule has 1 aliphatic rings. The number of nitrogens with one attached hydrogen (secondary N) is 2. The molecule has 1 fully saturated rings. The predicted molar refractivity (Wildman–Crippen MR) is 90.1 cm³/mol. The highest BCUT2D eigenvalue weighted by Gasteiger charge is 2.29. The third-order valence-electron chi connectivity index (χ3n) is 3.90. The Labute approximate surface area is 140 Å². The van der Waals surface area contributed by atoms with E-state index in [1.165, 1.54) is 0 Å². The minimum Gasteiger partial charge on any atom is -0.348 e. The van der Waals surface area contributed by atoms with Crippen molar-refractivity contribution in [1.29, 1.82) is 5.26 Å². The Morgan fingerprint density at radius 3 is 2.29 bits per heavy atom. The first-order valence-electron chi connectivity index (χ1n) is 7.84. The number of hydrogen-bond acceptors (Lipinski definition) is 3. The van der Waals surface area contributed by atoms with Crippen molar-refractivity contribution in [1.82, 2.24) is 5.32 Å². The SMILES string of the molecule is N#Cc1ccc(CNC(=O)c2ccc(NC(=O)C3CC3)cc2)cc1. The minimum absolute atomic E-state index is 0.0491. The monoisotopic (exact) mass is 319 g/mol. The van der Waals surface area contributed by atoms with Crippen LogP contribution in [0.3, 0.4) is 0 Å². The standard InChI is InChI=1S/C19H17N3O2/c20-11-13-1-3-14(4-2-13)12-21-18(23)15-7-9-17(10-8-15)22-19(24)16-5-6-16/h1-4,7-10,16H,5-6,12H2,(H,21,23)(H,22,24). The predicted octanol–water partition coefficient (Wildman–Crippen LogP) is 2.84. The molecule has 120 valence electrons. The quantitative estimate of drug-likeness (QED) is 0.889. The van der Waals surface area contributed by atoms with Crippen LogP contribution in [0.2, 0.25) is 0 Å². The summed E-state index contributed by atoms with van der Waals surface area (Å²) in [5.74, 6) is 0.0212. The molecule has 24 heavy (non-hydrogen) atoms. The fourth-order valence-electron chi connectivity index (χ4n) is 2.28. The van der Waals surface area contributed by atoms with E-state index in [1.807, 2.05) is 12.1 Å². The van der Waals surface area contributed by atoms with E-state index in [4.69, 9.17) is 5.26 Å². The molecule has 0 saturated heterocycles. The largest absolute Gasteiger partial charge is 0.348 e. The number of rotatable bonds is 5. The van der Waals surface area contributed by atoms with E-state index in [2.05, 4.69) is 16.7 Å². The Bertz CT molecular complexity index is 785. The van der Waals surface area contributed by atoms with Gasteiger partial charge in [-0.2, -0.15) is 5.26 Å². The zero-order valence-electron chi connectivity index (χ0n) is 13.1. The van der Waals surface area contributed by atoms with Gasteiger partial charge in [-0.1, -0.05) is 12.1 Å². The van der Waals surface area contributed by atoms with Gasteiger partial charge in [-0.3, -0.25) is 9.59 Å². The second-order valence-corrected chi connectivity index (χ2v) is 5.83. The molecule has 1 saturated carbocycles. The number of carbonyl (C=O) groups excluding carboxylic acids is 2. The van der Waals surface area contributed by atoms with Gasteiger partial charge in [0, 0.05) is 23.7 Å². The van der Waals surface area contributed by atoms with Gasteiger partial charge in [-0.25, -0.2) is 0 Å². The van der Waals surface area contributed by atoms with Crippen LogP contribution in [0.1, 0.15) is 34.3 Å². The van der Waals surface area contributed by atoms with Gasteiger partial charge in [0.2, 0.25) is 5.91 Å². The van der Waals surface area contributed by atoms with Crippen LogP contribution in [0, 0.1) is 17.2 Å². The summed E-state index contributed by atoms with van der Waals surface area (Å²) in [6.45, 7) is 0.394. The zero-order chi connectivity index (χ0) is 16.9. The van der Waals surface area contributed by atoms with Crippen LogP contribution in [0.25, 0.3) is 0 Å². The smallest absolute Gasteiger partial charge is 0.251 e. The number of hydrogen-bond donors (Lipinski definition) is 2. The van der Waals surface area contributed by atoms with Gasteiger partial charge in [0.15, 0.2) is 0 Å². The zero-order valence-corrected chi connectivity index (χ0v) is 13.1. The summed E-state index contributed by atoms with van der Waals surface area (Å²) < 4.78 is 0. The number of anilines is 1. The lowest BCUT2D eigenvalue weighted by Crippen LogP contribution is -2.22. The lowest BCUT2D eigenvalue weighted by molar-refractivity contribution is -0.117. The molecule has 1 aliphatic carbocycles. The molecule has 3 rings (SSSR count). The molecule has 2 aromatic carbocycles. The van der Waals surface area contributed by atoms with Crippen molar-refractivity contribution in [2.24, 2.45) is 5.92 Å². The number of benzene rings is 2. The summed E-state index contributed by atoms with van der Waals surface area (Å²) in [6.07, 6.45) is 1.92. The molecule has 2 aromatic rings. The van der Waals surface area contributed by atoms with Crippen LogP contribution < -0.4 is 10.6 Å². The summed E-state index contributed by atoms with van der Waals surface area (Å²) >= 11 is 0. The van der Waals surface area contributed by atoms with Gasteiger partial charge in [0.05, 0.1) is 11.6 Å². The van der Waals surface area contributed by atoms with Gasteiger partial charge in [-0.05, 0) is 54.8 Å². The van der Waals surface area contributed by atoms with Crippen LogP contribution in [-0.4, -0.2) is 11.8 Å². The lowest BCUT2D eigenvalue weighted by Gasteiger charge is -2.07. The summed E-state index contributed by atoms with van der Waals surface area (Å²) in [7, 11) is 0. The molecule has 0 aliphatic heterocycles. The summed E-state index contributed by atoms with van der Waals surface area (Å²) in [5, 5.41) is 14.4. The highest BCUT2D eigenvalue weighted by atomic mass is 16.2. The first kappa shape index (κ1) is 15.8. The van der Waals surface area contributed by atoms with E-state index in [0.717, 1.165) is 18.4 Å². The van der Waals surface area contributed by atoms with Gasteiger partial charge in [0.1, 0.15) is 0 Å². The Hall–Kier alpha value is -3.13. The normalized spacial score (nSPS) is 13.0. The summed E-state index contributed by atoms with van der Waals surface area (Å²) in [4.78, 5) is 23.8. The van der Waals surface area contributed by atoms with Crippen molar-refractivity contribution in [2.75, 3.05) is 5.32 Å². The number of carbonyl (C=O) groups is 2. The highest BCUT2D eigenvalue weighted by molar-refractivity contribution is 5.96. The van der Waals surface area contributed by atoms with Crippen molar-refractivity contribution in [3.05, 3.63) is 65.2 Å². The van der Waals surface area contributed by atoms with Gasteiger partial charge in [0.25, 0.3) is 5.91 Å². The average Bonchev–Trinajstić information content (AvgIpc) is 3.46. The van der Waals surface area contributed by atoms with Gasteiger partial charge >= 0.3 is 0 Å². The Balaban J connectivity index is 1.54. The van der Waals surface area contributed by atoms with Crippen molar-refractivity contribution >= 4 is 17.5 Å². The first-order valence-corrected chi connectivity index (χ1v) is 7.84. The fourth-order valence-corrected chi connectivity index (χ4v) is 2.28. The molecule has 5 heteroatoms. The van der Waals surface area contributed by atoms with Crippen LogP contribution in [-0.2, 0) is 11.3 Å². The van der Waals surface area contributed by atoms with Crippen molar-refractivity contribution < 1.29 is 9.59 Å². The molecule has 0 unspecified atom stereocenters. The molecule has 0 spiro atoms. The molecule has 2 N–H and O–H groups in total. The molecule has 0 radical (unpaired) electrons. The van der Waals surface area contributed by atoms with Crippen LogP contribution in [0.15, 0.2) is 48.5 Å². The molecule has 0 atom stereocenters. The van der Waals surface area contributed by atoms with E-state index in [1.54, 1.807) is 36.4 Å². The molecule has 0 aromatic heterocycles.